The van der Waals surface area contributed by atoms with Crippen molar-refractivity contribution in [3.8, 4) is 0 Å². The fourth-order valence-corrected chi connectivity index (χ4v) is 0.958. The van der Waals surface area contributed by atoms with Crippen LogP contribution in [-0.4, -0.2) is 18.7 Å². The molecular weight excluding hydrogens is 186 g/mol. The summed E-state index contributed by atoms with van der Waals surface area (Å²) in [4.78, 5) is 26.5. The molecule has 5 heteroatoms. The normalized spacial score (nSPS) is 9.71. The van der Waals surface area contributed by atoms with Crippen LogP contribution in [0.15, 0.2) is 0 Å². The summed E-state index contributed by atoms with van der Waals surface area (Å²) in [6.07, 6.45) is 0.645. The Hall–Kier alpha value is -1.26. The molecule has 0 unspecified atom stereocenters. The molecule has 82 valence electrons. The molecule has 0 spiro atoms. The smallest absolute Gasteiger partial charge is 0.440 e. The lowest BCUT2D eigenvalue weighted by Gasteiger charge is -2.11. The second kappa shape index (κ2) is 7.17. The number of ether oxygens (including phenoxy) is 1. The molecule has 14 heavy (non-hydrogen) atoms. The van der Waals surface area contributed by atoms with Gasteiger partial charge in [0, 0.05) is 0 Å². The topological polar surface area (TPSA) is 64.6 Å². The van der Waals surface area contributed by atoms with Crippen LogP contribution in [0.3, 0.4) is 0 Å². The summed E-state index contributed by atoms with van der Waals surface area (Å²) in [5.74, 6) is -0.597. The molecular formula is C9H17NO4. The lowest BCUT2D eigenvalue weighted by atomic mass is 10.0. The molecule has 0 atom stereocenters. The predicted octanol–water partition coefficient (Wildman–Crippen LogP) is 1.63. The Morgan fingerprint density at radius 3 is 2.21 bits per heavy atom. The zero-order valence-electron chi connectivity index (χ0n) is 8.83. The minimum atomic E-state index is -0.744. The standard InChI is InChI=1S/C9H17NO4/c1-4-7(5-2)8(11)14-10-9(12)13-6-3/h7H,4-6H2,1-3H3,(H,10,12). The summed E-state index contributed by atoms with van der Waals surface area (Å²) in [6.45, 7) is 5.69. The van der Waals surface area contributed by atoms with E-state index in [9.17, 15) is 9.59 Å². The molecule has 0 rings (SSSR count). The van der Waals surface area contributed by atoms with Crippen LogP contribution in [0.1, 0.15) is 33.6 Å². The van der Waals surface area contributed by atoms with Crippen molar-refractivity contribution in [3.05, 3.63) is 0 Å². The number of carbonyl (C=O) groups excluding carboxylic acids is 2. The van der Waals surface area contributed by atoms with Crippen molar-refractivity contribution in [2.24, 2.45) is 5.92 Å². The van der Waals surface area contributed by atoms with Crippen molar-refractivity contribution in [2.75, 3.05) is 6.61 Å². The molecule has 0 aromatic heterocycles. The third kappa shape index (κ3) is 4.69. The molecule has 0 radical (unpaired) electrons. The number of hydrogen-bond donors (Lipinski definition) is 1. The van der Waals surface area contributed by atoms with E-state index in [0.29, 0.717) is 12.8 Å². The van der Waals surface area contributed by atoms with E-state index >= 15 is 0 Å². The summed E-state index contributed by atoms with van der Waals surface area (Å²) in [6, 6.07) is 0. The summed E-state index contributed by atoms with van der Waals surface area (Å²) in [5.41, 5.74) is 1.92. The van der Waals surface area contributed by atoms with Gasteiger partial charge in [0.2, 0.25) is 0 Å². The molecule has 5 nitrogen and oxygen atoms in total. The molecule has 1 N–H and O–H groups in total. The van der Waals surface area contributed by atoms with Crippen LogP contribution in [-0.2, 0) is 14.4 Å². The SMILES string of the molecule is CCOC(=O)NOC(=O)C(CC)CC. The molecule has 0 aromatic carbocycles. The first-order valence-corrected chi connectivity index (χ1v) is 4.79. The maximum Gasteiger partial charge on any atom is 0.440 e. The van der Waals surface area contributed by atoms with Gasteiger partial charge in [-0.2, -0.15) is 0 Å². The van der Waals surface area contributed by atoms with Gasteiger partial charge in [0.25, 0.3) is 0 Å². The van der Waals surface area contributed by atoms with E-state index in [4.69, 9.17) is 0 Å². The summed E-state index contributed by atoms with van der Waals surface area (Å²) < 4.78 is 4.51. The van der Waals surface area contributed by atoms with Crippen LogP contribution < -0.4 is 5.48 Å². The number of amides is 1. The van der Waals surface area contributed by atoms with Gasteiger partial charge >= 0.3 is 12.1 Å². The fourth-order valence-electron chi connectivity index (χ4n) is 0.958. The van der Waals surface area contributed by atoms with Gasteiger partial charge in [-0.15, -0.1) is 5.48 Å². The van der Waals surface area contributed by atoms with E-state index in [1.807, 2.05) is 19.3 Å². The molecule has 0 saturated carbocycles. The Balaban J connectivity index is 3.77. The first-order chi connectivity index (χ1) is 6.65. The molecule has 0 aliphatic carbocycles. The number of carbonyl (C=O) groups is 2. The fraction of sp³-hybridized carbons (Fsp3) is 0.778. The quantitative estimate of drug-likeness (QED) is 0.705. The molecule has 0 aliphatic rings. The minimum Gasteiger partial charge on any atom is -0.448 e. The zero-order valence-corrected chi connectivity index (χ0v) is 8.83. The van der Waals surface area contributed by atoms with Gasteiger partial charge in [-0.1, -0.05) is 13.8 Å². The molecule has 0 bridgehead atoms. The highest BCUT2D eigenvalue weighted by atomic mass is 16.7. The van der Waals surface area contributed by atoms with Gasteiger partial charge in [-0.3, -0.25) is 0 Å². The predicted molar refractivity (Wildman–Crippen MR) is 50.3 cm³/mol. The van der Waals surface area contributed by atoms with E-state index in [-0.39, 0.29) is 12.5 Å². The molecule has 0 heterocycles. The Kier molecular flexibility index (Phi) is 6.53. The van der Waals surface area contributed by atoms with Crippen molar-refractivity contribution in [1.29, 1.82) is 0 Å². The molecule has 0 fully saturated rings. The molecule has 0 saturated heterocycles. The number of nitrogens with one attached hydrogen (secondary N) is 1. The summed E-state index contributed by atoms with van der Waals surface area (Å²) in [7, 11) is 0. The van der Waals surface area contributed by atoms with E-state index in [1.54, 1.807) is 6.92 Å². The van der Waals surface area contributed by atoms with Gasteiger partial charge in [-0.25, -0.2) is 9.59 Å². The van der Waals surface area contributed by atoms with Crippen LogP contribution in [0.4, 0.5) is 4.79 Å². The van der Waals surface area contributed by atoms with Crippen molar-refractivity contribution >= 4 is 12.1 Å². The number of rotatable bonds is 4. The molecule has 1 amide bonds. The maximum absolute atomic E-state index is 11.2. The van der Waals surface area contributed by atoms with Crippen LogP contribution in [0, 0.1) is 5.92 Å². The van der Waals surface area contributed by atoms with Crippen LogP contribution >= 0.6 is 0 Å². The number of hydroxylamine groups is 1. The van der Waals surface area contributed by atoms with E-state index in [0.717, 1.165) is 0 Å². The first-order valence-electron chi connectivity index (χ1n) is 4.79. The summed E-state index contributed by atoms with van der Waals surface area (Å²) >= 11 is 0. The monoisotopic (exact) mass is 203 g/mol. The largest absolute Gasteiger partial charge is 0.448 e. The number of hydrogen-bond acceptors (Lipinski definition) is 4. The highest BCUT2D eigenvalue weighted by molar-refractivity contribution is 5.74. The third-order valence-electron chi connectivity index (χ3n) is 1.83. The van der Waals surface area contributed by atoms with E-state index in [1.165, 1.54) is 0 Å². The highest BCUT2D eigenvalue weighted by Gasteiger charge is 2.17. The van der Waals surface area contributed by atoms with Gasteiger partial charge < -0.3 is 9.57 Å². The van der Waals surface area contributed by atoms with Crippen LogP contribution in [0.5, 0.6) is 0 Å². The third-order valence-corrected chi connectivity index (χ3v) is 1.83. The van der Waals surface area contributed by atoms with Crippen molar-refractivity contribution in [2.45, 2.75) is 33.6 Å². The van der Waals surface area contributed by atoms with E-state index in [2.05, 4.69) is 9.57 Å². The van der Waals surface area contributed by atoms with Gasteiger partial charge in [0.05, 0.1) is 12.5 Å². The van der Waals surface area contributed by atoms with Crippen molar-refractivity contribution < 1.29 is 19.2 Å². The minimum absolute atomic E-state index is 0.170. The van der Waals surface area contributed by atoms with Crippen molar-refractivity contribution in [3.63, 3.8) is 0 Å². The average molecular weight is 203 g/mol. The van der Waals surface area contributed by atoms with Gasteiger partial charge in [0.1, 0.15) is 0 Å². The highest BCUT2D eigenvalue weighted by Crippen LogP contribution is 2.08. The maximum atomic E-state index is 11.2. The summed E-state index contributed by atoms with van der Waals surface area (Å²) in [5, 5.41) is 0. The van der Waals surface area contributed by atoms with Gasteiger partial charge in [-0.05, 0) is 19.8 Å². The van der Waals surface area contributed by atoms with Crippen LogP contribution in [0.25, 0.3) is 0 Å². The second-order valence-electron chi connectivity index (χ2n) is 2.76. The zero-order chi connectivity index (χ0) is 11.0. The Bertz CT molecular complexity index is 189. The average Bonchev–Trinajstić information content (AvgIpc) is 2.17. The first kappa shape index (κ1) is 12.7. The van der Waals surface area contributed by atoms with Crippen molar-refractivity contribution in [1.82, 2.24) is 5.48 Å². The van der Waals surface area contributed by atoms with Crippen LogP contribution in [0.2, 0.25) is 0 Å². The molecule has 0 aliphatic heterocycles. The lowest BCUT2D eigenvalue weighted by Crippen LogP contribution is -2.30. The Labute approximate surface area is 83.7 Å². The molecule has 0 aromatic rings. The second-order valence-corrected chi connectivity index (χ2v) is 2.76. The van der Waals surface area contributed by atoms with Gasteiger partial charge in [0.15, 0.2) is 0 Å². The Morgan fingerprint density at radius 2 is 1.79 bits per heavy atom. The Morgan fingerprint density at radius 1 is 1.21 bits per heavy atom. The lowest BCUT2D eigenvalue weighted by molar-refractivity contribution is -0.155. The van der Waals surface area contributed by atoms with E-state index < -0.39 is 12.1 Å².